The van der Waals surface area contributed by atoms with Gasteiger partial charge in [-0.1, -0.05) is 61.7 Å². The molecular formula is C18H20Cl2. The molecule has 0 heterocycles. The fraction of sp³-hybridized carbons (Fsp3) is 0.444. The van der Waals surface area contributed by atoms with Gasteiger partial charge in [-0.25, -0.2) is 0 Å². The molecule has 3 rings (SSSR count). The third kappa shape index (κ3) is 2.69. The minimum absolute atomic E-state index is 0.102. The first-order valence-electron chi connectivity index (χ1n) is 7.48. The fourth-order valence-corrected chi connectivity index (χ4v) is 4.03. The minimum atomic E-state index is 0.102. The zero-order valence-electron chi connectivity index (χ0n) is 11.8. The van der Waals surface area contributed by atoms with Gasteiger partial charge in [0, 0.05) is 10.4 Å². The van der Waals surface area contributed by atoms with Crippen molar-refractivity contribution in [1.29, 1.82) is 0 Å². The second-order valence-corrected chi connectivity index (χ2v) is 6.98. The lowest BCUT2D eigenvalue weighted by atomic mass is 9.79. The Labute approximate surface area is 131 Å². The fourth-order valence-electron chi connectivity index (χ4n) is 3.36. The molecule has 1 aliphatic rings. The Morgan fingerprint density at radius 1 is 0.950 bits per heavy atom. The van der Waals surface area contributed by atoms with E-state index in [1.165, 1.54) is 36.6 Å². The summed E-state index contributed by atoms with van der Waals surface area (Å²) in [7, 11) is 0. The van der Waals surface area contributed by atoms with Crippen molar-refractivity contribution in [3.05, 3.63) is 47.0 Å². The van der Waals surface area contributed by atoms with Crippen LogP contribution in [-0.4, -0.2) is 0 Å². The highest BCUT2D eigenvalue weighted by Gasteiger charge is 2.26. The van der Waals surface area contributed by atoms with E-state index in [4.69, 9.17) is 23.2 Å². The average Bonchev–Trinajstić information content (AvgIpc) is 2.48. The Morgan fingerprint density at radius 3 is 2.30 bits per heavy atom. The van der Waals surface area contributed by atoms with Crippen LogP contribution in [0.25, 0.3) is 10.8 Å². The van der Waals surface area contributed by atoms with Gasteiger partial charge < -0.3 is 0 Å². The van der Waals surface area contributed by atoms with Crippen molar-refractivity contribution in [3.63, 3.8) is 0 Å². The lowest BCUT2D eigenvalue weighted by Gasteiger charge is -2.30. The molecule has 0 saturated heterocycles. The SMILES string of the molecule is CC1CCC(C(Cl)c2ccc(Cl)c3ccccc23)CC1. The van der Waals surface area contributed by atoms with Gasteiger partial charge in [0.1, 0.15) is 0 Å². The van der Waals surface area contributed by atoms with Crippen LogP contribution in [0.3, 0.4) is 0 Å². The second-order valence-electron chi connectivity index (χ2n) is 6.10. The molecule has 106 valence electrons. The molecule has 0 spiro atoms. The van der Waals surface area contributed by atoms with Gasteiger partial charge in [0.2, 0.25) is 0 Å². The standard InChI is InChI=1S/C18H20Cl2/c1-12-6-8-13(9-7-12)18(20)16-10-11-17(19)15-5-3-2-4-14(15)16/h2-5,10-13,18H,6-9H2,1H3. The van der Waals surface area contributed by atoms with Crippen molar-refractivity contribution in [2.75, 3.05) is 0 Å². The zero-order chi connectivity index (χ0) is 14.1. The van der Waals surface area contributed by atoms with Crippen molar-refractivity contribution >= 4 is 34.0 Å². The molecule has 2 aromatic carbocycles. The summed E-state index contributed by atoms with van der Waals surface area (Å²) in [6, 6.07) is 12.4. The van der Waals surface area contributed by atoms with Crippen LogP contribution in [0.2, 0.25) is 5.02 Å². The maximum Gasteiger partial charge on any atom is 0.0619 e. The summed E-state index contributed by atoms with van der Waals surface area (Å²) >= 11 is 13.1. The zero-order valence-corrected chi connectivity index (χ0v) is 13.3. The van der Waals surface area contributed by atoms with Crippen LogP contribution >= 0.6 is 23.2 Å². The van der Waals surface area contributed by atoms with E-state index in [0.717, 1.165) is 16.3 Å². The van der Waals surface area contributed by atoms with Crippen LogP contribution < -0.4 is 0 Å². The number of hydrogen-bond acceptors (Lipinski definition) is 0. The third-order valence-electron chi connectivity index (χ3n) is 4.68. The topological polar surface area (TPSA) is 0 Å². The summed E-state index contributed by atoms with van der Waals surface area (Å²) in [6.45, 7) is 2.34. The van der Waals surface area contributed by atoms with Gasteiger partial charge in [-0.3, -0.25) is 0 Å². The van der Waals surface area contributed by atoms with Crippen molar-refractivity contribution in [2.45, 2.75) is 38.0 Å². The molecule has 0 amide bonds. The van der Waals surface area contributed by atoms with Gasteiger partial charge in [0.05, 0.1) is 5.38 Å². The summed E-state index contributed by atoms with van der Waals surface area (Å²) < 4.78 is 0. The molecule has 1 unspecified atom stereocenters. The molecule has 2 aromatic rings. The van der Waals surface area contributed by atoms with Gasteiger partial charge in [-0.05, 0) is 41.7 Å². The van der Waals surface area contributed by atoms with E-state index in [2.05, 4.69) is 31.2 Å². The minimum Gasteiger partial charge on any atom is -0.117 e. The van der Waals surface area contributed by atoms with Crippen LogP contribution in [0.15, 0.2) is 36.4 Å². The predicted molar refractivity (Wildman–Crippen MR) is 88.7 cm³/mol. The lowest BCUT2D eigenvalue weighted by Crippen LogP contribution is -2.16. The van der Waals surface area contributed by atoms with E-state index < -0.39 is 0 Å². The quantitative estimate of drug-likeness (QED) is 0.548. The molecule has 2 heteroatoms. The number of benzene rings is 2. The number of fused-ring (bicyclic) bond motifs is 1. The highest BCUT2D eigenvalue weighted by atomic mass is 35.5. The first-order valence-corrected chi connectivity index (χ1v) is 8.29. The molecule has 1 fully saturated rings. The highest BCUT2D eigenvalue weighted by Crippen LogP contribution is 2.43. The molecule has 1 aliphatic carbocycles. The van der Waals surface area contributed by atoms with Crippen molar-refractivity contribution in [1.82, 2.24) is 0 Å². The van der Waals surface area contributed by atoms with Crippen LogP contribution in [0.4, 0.5) is 0 Å². The maximum atomic E-state index is 6.82. The summed E-state index contributed by atoms with van der Waals surface area (Å²) in [5.41, 5.74) is 1.24. The number of hydrogen-bond donors (Lipinski definition) is 0. The van der Waals surface area contributed by atoms with E-state index in [0.29, 0.717) is 5.92 Å². The van der Waals surface area contributed by atoms with E-state index in [9.17, 15) is 0 Å². The van der Waals surface area contributed by atoms with E-state index in [1.807, 2.05) is 12.1 Å². The molecule has 0 bridgehead atoms. The molecule has 0 N–H and O–H groups in total. The number of halogens is 2. The molecular weight excluding hydrogens is 287 g/mol. The first-order chi connectivity index (χ1) is 9.66. The monoisotopic (exact) mass is 306 g/mol. The Bertz CT molecular complexity index is 597. The van der Waals surface area contributed by atoms with Crippen molar-refractivity contribution in [3.8, 4) is 0 Å². The Morgan fingerprint density at radius 2 is 1.60 bits per heavy atom. The molecule has 0 aromatic heterocycles. The predicted octanol–water partition coefficient (Wildman–Crippen LogP) is 6.60. The van der Waals surface area contributed by atoms with Gasteiger partial charge in [0.25, 0.3) is 0 Å². The van der Waals surface area contributed by atoms with Crippen molar-refractivity contribution in [2.24, 2.45) is 11.8 Å². The Hall–Kier alpha value is -0.720. The molecule has 20 heavy (non-hydrogen) atoms. The summed E-state index contributed by atoms with van der Waals surface area (Å²) in [5, 5.41) is 3.23. The molecule has 0 radical (unpaired) electrons. The molecule has 1 saturated carbocycles. The van der Waals surface area contributed by atoms with Gasteiger partial charge in [0.15, 0.2) is 0 Å². The summed E-state index contributed by atoms with van der Waals surface area (Å²) in [6.07, 6.45) is 5.09. The molecule has 0 aliphatic heterocycles. The van der Waals surface area contributed by atoms with Crippen LogP contribution in [0, 0.1) is 11.8 Å². The van der Waals surface area contributed by atoms with Crippen LogP contribution in [0.5, 0.6) is 0 Å². The number of rotatable bonds is 2. The maximum absolute atomic E-state index is 6.82. The molecule has 0 nitrogen and oxygen atoms in total. The van der Waals surface area contributed by atoms with E-state index in [1.54, 1.807) is 0 Å². The summed E-state index contributed by atoms with van der Waals surface area (Å²) in [4.78, 5) is 0. The van der Waals surface area contributed by atoms with E-state index >= 15 is 0 Å². The van der Waals surface area contributed by atoms with Gasteiger partial charge >= 0.3 is 0 Å². The Kier molecular flexibility index (Phi) is 4.23. The van der Waals surface area contributed by atoms with Crippen LogP contribution in [0.1, 0.15) is 43.5 Å². The first kappa shape index (κ1) is 14.2. The average molecular weight is 307 g/mol. The van der Waals surface area contributed by atoms with Crippen molar-refractivity contribution < 1.29 is 0 Å². The number of alkyl halides is 1. The second kappa shape index (κ2) is 5.95. The van der Waals surface area contributed by atoms with E-state index in [-0.39, 0.29) is 5.38 Å². The summed E-state index contributed by atoms with van der Waals surface area (Å²) in [5.74, 6) is 1.45. The normalized spacial score (nSPS) is 24.8. The van der Waals surface area contributed by atoms with Gasteiger partial charge in [-0.15, -0.1) is 11.6 Å². The third-order valence-corrected chi connectivity index (χ3v) is 5.60. The lowest BCUT2D eigenvalue weighted by molar-refractivity contribution is 0.284. The highest BCUT2D eigenvalue weighted by molar-refractivity contribution is 6.35. The van der Waals surface area contributed by atoms with Crippen LogP contribution in [-0.2, 0) is 0 Å². The smallest absolute Gasteiger partial charge is 0.0619 e. The largest absolute Gasteiger partial charge is 0.117 e. The molecule has 1 atom stereocenters. The Balaban J connectivity index is 1.95. The van der Waals surface area contributed by atoms with Gasteiger partial charge in [-0.2, -0.15) is 0 Å².